The Kier molecular flexibility index (Phi) is 11.0. The SMILES string of the molecule is CC(C)[C@@H]1NC(=O)CN(C(=O)CN2CCCCCC2)CCNC(=O)c2coc(n2)[C@H](Cc2ccccc2)NC(=O)c2csc1n2. The second kappa shape index (κ2) is 15.3. The first-order valence-electron chi connectivity index (χ1n) is 15.6. The molecule has 1 aromatic carbocycles. The van der Waals surface area contributed by atoms with Crippen LogP contribution in [0.5, 0.6) is 0 Å². The van der Waals surface area contributed by atoms with Crippen LogP contribution < -0.4 is 16.0 Å². The van der Waals surface area contributed by atoms with E-state index in [-0.39, 0.29) is 61.2 Å². The molecule has 13 heteroatoms. The highest BCUT2D eigenvalue weighted by molar-refractivity contribution is 7.09. The summed E-state index contributed by atoms with van der Waals surface area (Å²) in [7, 11) is 0. The van der Waals surface area contributed by atoms with Crippen molar-refractivity contribution in [3.63, 3.8) is 0 Å². The van der Waals surface area contributed by atoms with E-state index in [1.807, 2.05) is 44.2 Å². The van der Waals surface area contributed by atoms with E-state index in [0.717, 1.165) is 44.3 Å². The normalized spacial score (nSPS) is 20.9. The molecule has 5 rings (SSSR count). The van der Waals surface area contributed by atoms with Gasteiger partial charge in [0, 0.05) is 24.9 Å². The lowest BCUT2D eigenvalue weighted by atomic mass is 10.0. The van der Waals surface area contributed by atoms with Gasteiger partial charge in [-0.25, -0.2) is 9.97 Å². The van der Waals surface area contributed by atoms with Crippen molar-refractivity contribution in [1.29, 1.82) is 0 Å². The predicted molar refractivity (Wildman–Crippen MR) is 169 cm³/mol. The third kappa shape index (κ3) is 8.76. The number of benzene rings is 1. The first-order chi connectivity index (χ1) is 21.8. The molecule has 240 valence electrons. The summed E-state index contributed by atoms with van der Waals surface area (Å²) in [5.41, 5.74) is 1.20. The second-order valence-electron chi connectivity index (χ2n) is 11.9. The fourth-order valence-electron chi connectivity index (χ4n) is 5.55. The maximum Gasteiger partial charge on any atom is 0.273 e. The molecule has 1 saturated heterocycles. The minimum atomic E-state index is -0.668. The summed E-state index contributed by atoms with van der Waals surface area (Å²) >= 11 is 1.29. The lowest BCUT2D eigenvalue weighted by Gasteiger charge is -2.28. The van der Waals surface area contributed by atoms with E-state index in [0.29, 0.717) is 11.4 Å². The number of rotatable bonds is 5. The molecule has 0 unspecified atom stereocenters. The van der Waals surface area contributed by atoms with E-state index in [4.69, 9.17) is 4.42 Å². The molecular formula is C32H41N7O5S. The molecular weight excluding hydrogens is 594 g/mol. The van der Waals surface area contributed by atoms with Gasteiger partial charge >= 0.3 is 0 Å². The van der Waals surface area contributed by atoms with Gasteiger partial charge in [0.1, 0.15) is 23.0 Å². The number of aromatic nitrogens is 2. The van der Waals surface area contributed by atoms with Gasteiger partial charge in [-0.05, 0) is 37.4 Å². The first-order valence-corrected chi connectivity index (χ1v) is 16.5. The number of likely N-dealkylation sites (tertiary alicyclic amines) is 1. The Hall–Kier alpha value is -4.10. The van der Waals surface area contributed by atoms with Crippen LogP contribution in [0.25, 0.3) is 0 Å². The molecule has 12 nitrogen and oxygen atoms in total. The summed E-state index contributed by atoms with van der Waals surface area (Å²) in [6.45, 7) is 5.94. The van der Waals surface area contributed by atoms with Gasteiger partial charge in [0.25, 0.3) is 11.8 Å². The molecule has 0 spiro atoms. The van der Waals surface area contributed by atoms with Crippen LogP contribution in [0.15, 0.2) is 46.4 Å². The maximum atomic E-state index is 13.5. The van der Waals surface area contributed by atoms with Crippen molar-refractivity contribution in [2.45, 2.75) is 58.0 Å². The van der Waals surface area contributed by atoms with Gasteiger partial charge in [0.05, 0.1) is 19.1 Å². The second-order valence-corrected chi connectivity index (χ2v) is 12.8. The largest absolute Gasteiger partial charge is 0.446 e. The van der Waals surface area contributed by atoms with Crippen molar-refractivity contribution in [3.8, 4) is 0 Å². The van der Waals surface area contributed by atoms with E-state index < -0.39 is 23.9 Å². The Morgan fingerprint density at radius 2 is 1.73 bits per heavy atom. The van der Waals surface area contributed by atoms with E-state index in [9.17, 15) is 19.2 Å². The number of fused-ring (bicyclic) bond motifs is 4. The van der Waals surface area contributed by atoms with Crippen LogP contribution in [0.3, 0.4) is 0 Å². The zero-order chi connectivity index (χ0) is 31.8. The van der Waals surface area contributed by atoms with Crippen LogP contribution >= 0.6 is 11.3 Å². The molecule has 3 aromatic rings. The highest BCUT2D eigenvalue weighted by atomic mass is 32.1. The number of nitrogens with zero attached hydrogens (tertiary/aromatic N) is 4. The summed E-state index contributed by atoms with van der Waals surface area (Å²) in [5.74, 6) is -1.26. The molecule has 2 aliphatic heterocycles. The summed E-state index contributed by atoms with van der Waals surface area (Å²) in [5, 5.41) is 11.1. The molecule has 1 fully saturated rings. The molecule has 4 amide bonds. The Morgan fingerprint density at radius 1 is 0.978 bits per heavy atom. The Labute approximate surface area is 267 Å². The smallest absolute Gasteiger partial charge is 0.273 e. The Bertz CT molecular complexity index is 1470. The zero-order valence-electron chi connectivity index (χ0n) is 25.8. The van der Waals surface area contributed by atoms with Crippen LogP contribution in [0, 0.1) is 5.92 Å². The predicted octanol–water partition coefficient (Wildman–Crippen LogP) is 3.11. The van der Waals surface area contributed by atoms with Gasteiger partial charge in [0.2, 0.25) is 17.7 Å². The Balaban J connectivity index is 1.41. The average molecular weight is 636 g/mol. The quantitative estimate of drug-likeness (QED) is 0.387. The molecule has 4 heterocycles. The molecule has 3 N–H and O–H groups in total. The minimum Gasteiger partial charge on any atom is -0.446 e. The average Bonchev–Trinajstić information content (AvgIpc) is 3.65. The van der Waals surface area contributed by atoms with Crippen molar-refractivity contribution in [3.05, 3.63) is 69.8 Å². The summed E-state index contributed by atoms with van der Waals surface area (Å²) < 4.78 is 5.71. The highest BCUT2D eigenvalue weighted by Crippen LogP contribution is 2.26. The molecule has 45 heavy (non-hydrogen) atoms. The maximum absolute atomic E-state index is 13.5. The number of oxazole rings is 1. The molecule has 4 bridgehead atoms. The number of carbonyl (C=O) groups excluding carboxylic acids is 4. The van der Waals surface area contributed by atoms with Crippen molar-refractivity contribution in [1.82, 2.24) is 35.7 Å². The van der Waals surface area contributed by atoms with Crippen molar-refractivity contribution in [2.24, 2.45) is 5.92 Å². The highest BCUT2D eigenvalue weighted by Gasteiger charge is 2.28. The number of carbonyl (C=O) groups is 4. The Morgan fingerprint density at radius 3 is 2.47 bits per heavy atom. The van der Waals surface area contributed by atoms with Crippen LogP contribution in [0.1, 0.15) is 89.1 Å². The van der Waals surface area contributed by atoms with Crippen LogP contribution in [-0.4, -0.2) is 82.7 Å². The lowest BCUT2D eigenvalue weighted by Crippen LogP contribution is -2.48. The summed E-state index contributed by atoms with van der Waals surface area (Å²) in [6, 6.07) is 8.46. The van der Waals surface area contributed by atoms with Gasteiger partial charge < -0.3 is 25.3 Å². The monoisotopic (exact) mass is 635 g/mol. The third-order valence-corrected chi connectivity index (χ3v) is 8.98. The number of thiazole rings is 1. The fourth-order valence-corrected chi connectivity index (χ4v) is 6.57. The van der Waals surface area contributed by atoms with Crippen LogP contribution in [0.2, 0.25) is 0 Å². The van der Waals surface area contributed by atoms with Crippen molar-refractivity contribution < 1.29 is 23.6 Å². The molecule has 0 radical (unpaired) electrons. The fraction of sp³-hybridized carbons (Fsp3) is 0.500. The molecule has 2 aliphatic rings. The van der Waals surface area contributed by atoms with Gasteiger partial charge in [0.15, 0.2) is 5.69 Å². The molecule has 0 saturated carbocycles. The molecule has 2 atom stereocenters. The molecule has 2 aromatic heterocycles. The summed E-state index contributed by atoms with van der Waals surface area (Å²) in [4.78, 5) is 65.9. The van der Waals surface area contributed by atoms with Crippen molar-refractivity contribution in [2.75, 3.05) is 39.3 Å². The number of hydrogen-bond acceptors (Lipinski definition) is 9. The lowest BCUT2D eigenvalue weighted by molar-refractivity contribution is -0.137. The van der Waals surface area contributed by atoms with E-state index >= 15 is 0 Å². The van der Waals surface area contributed by atoms with Crippen LogP contribution in [0.4, 0.5) is 0 Å². The standard InChI is InChI=1S/C32H41N7O5S/c1-21(2)28-32-36-25(20-45-32)30(43)34-23(16-22-10-6-5-7-11-22)31-35-24(19-44-31)29(42)33-12-15-39(17-26(40)37-28)27(41)18-38-13-8-3-4-9-14-38/h5-7,10-11,19-21,23,28H,3-4,8-9,12-18H2,1-2H3,(H,33,42)(H,34,43)(H,37,40)/t23-,28-/m0/s1. The van der Waals surface area contributed by atoms with Gasteiger partial charge in [-0.15, -0.1) is 11.3 Å². The van der Waals surface area contributed by atoms with E-state index in [1.165, 1.54) is 22.5 Å². The van der Waals surface area contributed by atoms with Gasteiger partial charge in [-0.2, -0.15) is 0 Å². The number of hydrogen-bond donors (Lipinski definition) is 3. The molecule has 0 aliphatic carbocycles. The first kappa shape index (κ1) is 32.3. The van der Waals surface area contributed by atoms with Gasteiger partial charge in [-0.3, -0.25) is 24.1 Å². The van der Waals surface area contributed by atoms with Crippen LogP contribution in [-0.2, 0) is 16.0 Å². The minimum absolute atomic E-state index is 0.0290. The summed E-state index contributed by atoms with van der Waals surface area (Å²) in [6.07, 6.45) is 6.02. The number of nitrogens with one attached hydrogen (secondary N) is 3. The topological polar surface area (TPSA) is 150 Å². The van der Waals surface area contributed by atoms with E-state index in [1.54, 1.807) is 5.38 Å². The van der Waals surface area contributed by atoms with Crippen molar-refractivity contribution >= 4 is 35.0 Å². The third-order valence-electron chi connectivity index (χ3n) is 8.06. The number of amides is 4. The zero-order valence-corrected chi connectivity index (χ0v) is 26.6. The van der Waals surface area contributed by atoms with E-state index in [2.05, 4.69) is 30.8 Å². The van der Waals surface area contributed by atoms with Gasteiger partial charge in [-0.1, -0.05) is 57.0 Å².